The van der Waals surface area contributed by atoms with Gasteiger partial charge in [-0.05, 0) is 41.5 Å². The zero-order valence-electron chi connectivity index (χ0n) is 19.4. The summed E-state index contributed by atoms with van der Waals surface area (Å²) in [7, 11) is -23.0. The smallest absolute Gasteiger partial charge is 0.295 e. The van der Waals surface area contributed by atoms with Gasteiger partial charge in [0.15, 0.2) is 0 Å². The van der Waals surface area contributed by atoms with Crippen molar-refractivity contribution in [2.45, 2.75) is 14.9 Å². The summed E-state index contributed by atoms with van der Waals surface area (Å²) in [6.07, 6.45) is 2.91. The molecular formula is C20H16N4O12S4. The van der Waals surface area contributed by atoms with Crippen molar-refractivity contribution in [1.82, 2.24) is 19.9 Å². The predicted molar refractivity (Wildman–Crippen MR) is 138 cm³/mol. The van der Waals surface area contributed by atoms with Gasteiger partial charge in [0.25, 0.3) is 44.6 Å². The number of nitrogens with zero attached hydrogens (tertiary/aromatic N) is 2. The van der Waals surface area contributed by atoms with Gasteiger partial charge in [-0.3, -0.25) is 18.2 Å². The van der Waals surface area contributed by atoms with Crippen molar-refractivity contribution in [3.63, 3.8) is 0 Å². The van der Waals surface area contributed by atoms with Crippen LogP contribution in [0.4, 0.5) is 0 Å². The van der Waals surface area contributed by atoms with Crippen LogP contribution in [0.2, 0.25) is 0 Å². The summed E-state index contributed by atoms with van der Waals surface area (Å²) in [5, 5.41) is 0. The molecule has 2 aromatic heterocycles. The number of aromatic amines is 2. The molecule has 0 bridgehead atoms. The minimum Gasteiger partial charge on any atom is -0.345 e. The number of hydrogen-bond donors (Lipinski definition) is 6. The average molecular weight is 633 g/mol. The van der Waals surface area contributed by atoms with Gasteiger partial charge >= 0.3 is 0 Å². The van der Waals surface area contributed by atoms with Gasteiger partial charge in [-0.15, -0.1) is 0 Å². The Balaban J connectivity index is 2.05. The Hall–Kier alpha value is -3.50. The van der Waals surface area contributed by atoms with Crippen molar-refractivity contribution < 1.29 is 51.9 Å². The van der Waals surface area contributed by atoms with E-state index in [4.69, 9.17) is 0 Å². The lowest BCUT2D eigenvalue weighted by Crippen LogP contribution is -2.52. The normalized spacial score (nSPS) is 18.6. The molecule has 0 saturated heterocycles. The molecule has 0 saturated carbocycles. The number of rotatable bonds is 6. The lowest BCUT2D eigenvalue weighted by molar-refractivity contribution is 0.426. The number of allylic oxidation sites excluding steroid dienone is 3. The molecule has 2 heterocycles. The Bertz CT molecular complexity index is 2200. The van der Waals surface area contributed by atoms with Crippen LogP contribution >= 0.6 is 0 Å². The molecule has 212 valence electrons. The second-order valence-electron chi connectivity index (χ2n) is 8.58. The van der Waals surface area contributed by atoms with Gasteiger partial charge in [0.05, 0.1) is 45.5 Å². The fraction of sp³-hybridized carbons (Fsp3) is 0.100. The highest BCUT2D eigenvalue weighted by atomic mass is 32.3. The largest absolute Gasteiger partial charge is 0.345 e. The average Bonchev–Trinajstić information content (AvgIpc) is 3.49. The molecule has 1 aliphatic rings. The summed E-state index contributed by atoms with van der Waals surface area (Å²) in [5.41, 5.74) is -2.37. The maximum Gasteiger partial charge on any atom is 0.295 e. The van der Waals surface area contributed by atoms with Crippen molar-refractivity contribution in [2.75, 3.05) is 0 Å². The third-order valence-corrected chi connectivity index (χ3v) is 11.8. The topological polar surface area (TPSA) is 275 Å². The Morgan fingerprint density at radius 1 is 0.725 bits per heavy atom. The van der Waals surface area contributed by atoms with Crippen LogP contribution in [-0.4, -0.2) is 75.9 Å². The fourth-order valence-electron chi connectivity index (χ4n) is 4.80. The van der Waals surface area contributed by atoms with Gasteiger partial charge in [-0.25, -0.2) is 9.97 Å². The molecule has 1 unspecified atom stereocenters. The highest BCUT2D eigenvalue weighted by Gasteiger charge is 2.64. The molecule has 4 aromatic rings. The summed E-state index contributed by atoms with van der Waals surface area (Å²) < 4.78 is 139. The lowest BCUT2D eigenvalue weighted by atomic mass is 9.86. The summed E-state index contributed by atoms with van der Waals surface area (Å²) in [6.45, 7) is 0. The lowest BCUT2D eigenvalue weighted by Gasteiger charge is -2.37. The molecular weight excluding hydrogens is 617 g/mol. The second kappa shape index (κ2) is 8.75. The number of imidazole rings is 2. The van der Waals surface area contributed by atoms with Crippen LogP contribution in [0.5, 0.6) is 0 Å². The van der Waals surface area contributed by atoms with Crippen LogP contribution in [0, 0.1) is 0 Å². The van der Waals surface area contributed by atoms with Crippen LogP contribution in [0.15, 0.2) is 64.9 Å². The maximum absolute atomic E-state index is 13.0. The van der Waals surface area contributed by atoms with Crippen LogP contribution in [0.1, 0.15) is 17.0 Å². The summed E-state index contributed by atoms with van der Waals surface area (Å²) in [5.74, 6) is -2.59. The van der Waals surface area contributed by atoms with E-state index in [1.165, 1.54) is 12.1 Å². The summed E-state index contributed by atoms with van der Waals surface area (Å²) >= 11 is 0. The molecule has 1 atom stereocenters. The number of nitrogens with one attached hydrogen (secondary N) is 2. The van der Waals surface area contributed by atoms with Gasteiger partial charge in [0.2, 0.25) is 0 Å². The van der Waals surface area contributed by atoms with Crippen LogP contribution in [0.25, 0.3) is 27.6 Å². The molecule has 20 heteroatoms. The van der Waals surface area contributed by atoms with Crippen molar-refractivity contribution >= 4 is 68.1 Å². The van der Waals surface area contributed by atoms with E-state index in [2.05, 4.69) is 19.9 Å². The van der Waals surface area contributed by atoms with E-state index in [1.54, 1.807) is 0 Å². The standard InChI is InChI=1S/C20H16N4O12S4/c25-37(26,27)14-5-4-13-19(24-9-22-13)16(14)10-6-15(38(28,29)30)17(11-2-1-3-12-18(11)23-8-21-12)20(7-10,39(31,32)33)40(34,35)36/h1-9,17H,(H,21,23)(H,22,24)(H,25,26,27)(H,28,29,30)(H,31,32,33)(H,34,35,36). The van der Waals surface area contributed by atoms with Crippen molar-refractivity contribution in [3.05, 3.63) is 71.2 Å². The zero-order valence-corrected chi connectivity index (χ0v) is 22.6. The van der Waals surface area contributed by atoms with Gasteiger partial charge in [0, 0.05) is 5.56 Å². The van der Waals surface area contributed by atoms with Gasteiger partial charge in [-0.2, -0.15) is 33.7 Å². The highest BCUT2D eigenvalue weighted by molar-refractivity contribution is 8.05. The molecule has 40 heavy (non-hydrogen) atoms. The molecule has 16 nitrogen and oxygen atoms in total. The monoisotopic (exact) mass is 632 g/mol. The van der Waals surface area contributed by atoms with E-state index in [9.17, 15) is 51.9 Å². The van der Waals surface area contributed by atoms with E-state index < -0.39 is 77.0 Å². The number of fused-ring (bicyclic) bond motifs is 2. The number of benzene rings is 2. The Kier molecular flexibility index (Phi) is 6.13. The molecule has 0 aliphatic heterocycles. The van der Waals surface area contributed by atoms with E-state index in [0.717, 1.165) is 30.9 Å². The van der Waals surface area contributed by atoms with Gasteiger partial charge in [0.1, 0.15) is 4.90 Å². The zero-order chi connectivity index (χ0) is 29.5. The quantitative estimate of drug-likeness (QED) is 0.163. The van der Waals surface area contributed by atoms with Crippen LogP contribution < -0.4 is 0 Å². The Morgan fingerprint density at radius 2 is 1.30 bits per heavy atom. The predicted octanol–water partition coefficient (Wildman–Crippen LogP) is 1.11. The van der Waals surface area contributed by atoms with E-state index in [0.29, 0.717) is 6.08 Å². The van der Waals surface area contributed by atoms with Crippen LogP contribution in [0.3, 0.4) is 0 Å². The van der Waals surface area contributed by atoms with Crippen molar-refractivity contribution in [2.24, 2.45) is 0 Å². The molecule has 0 amide bonds. The highest BCUT2D eigenvalue weighted by Crippen LogP contribution is 2.52. The van der Waals surface area contributed by atoms with E-state index in [-0.39, 0.29) is 28.1 Å². The molecule has 0 fully saturated rings. The first-order valence-corrected chi connectivity index (χ1v) is 16.4. The first-order valence-electron chi connectivity index (χ1n) is 10.6. The third-order valence-electron chi connectivity index (χ3n) is 6.36. The van der Waals surface area contributed by atoms with Crippen LogP contribution in [-0.2, 0) is 40.5 Å². The fourth-order valence-corrected chi connectivity index (χ4v) is 9.27. The summed E-state index contributed by atoms with van der Waals surface area (Å²) in [4.78, 5) is 10.7. The molecule has 1 aliphatic carbocycles. The molecule has 0 spiro atoms. The number of H-pyrrole nitrogens is 2. The third kappa shape index (κ3) is 4.16. The minimum absolute atomic E-state index is 0.0674. The number of para-hydroxylation sites is 1. The first kappa shape index (κ1) is 28.0. The Labute approximate surface area is 225 Å². The minimum atomic E-state index is -6.13. The van der Waals surface area contributed by atoms with E-state index >= 15 is 0 Å². The SMILES string of the molecule is O=S(=O)(O)C1=CC(c2c(S(=O)(=O)O)ccc3[nH]cnc23)=CC(S(=O)(=O)O)(S(=O)(=O)O)C1c1cccc2[nH]cnc12. The molecule has 5 rings (SSSR count). The second-order valence-corrected chi connectivity index (χ2v) is 14.9. The molecule has 0 radical (unpaired) electrons. The number of aromatic nitrogens is 4. The molecule has 6 N–H and O–H groups in total. The van der Waals surface area contributed by atoms with Gasteiger partial charge < -0.3 is 9.97 Å². The number of hydrogen-bond acceptors (Lipinski definition) is 10. The first-order chi connectivity index (χ1) is 18.4. The molecule has 2 aromatic carbocycles. The Morgan fingerprint density at radius 3 is 1.85 bits per heavy atom. The van der Waals surface area contributed by atoms with Crippen molar-refractivity contribution in [3.8, 4) is 0 Å². The maximum atomic E-state index is 13.0. The van der Waals surface area contributed by atoms with E-state index in [1.807, 2.05) is 0 Å². The van der Waals surface area contributed by atoms with Gasteiger partial charge in [-0.1, -0.05) is 12.1 Å². The summed E-state index contributed by atoms with van der Waals surface area (Å²) in [6, 6.07) is 5.68. The van der Waals surface area contributed by atoms with Crippen molar-refractivity contribution in [1.29, 1.82) is 0 Å².